The summed E-state index contributed by atoms with van der Waals surface area (Å²) < 4.78 is 0. The molecule has 3 amide bonds. The molecule has 0 bridgehead atoms. The number of urea groups is 1. The number of carbonyl (C=O) groups is 2. The fraction of sp³-hybridized carbons (Fsp3) is 0.500. The Balaban J connectivity index is 2.12. The van der Waals surface area contributed by atoms with Crippen molar-refractivity contribution in [2.45, 2.75) is 44.7 Å². The highest BCUT2D eigenvalue weighted by Crippen LogP contribution is 2.36. The van der Waals surface area contributed by atoms with Crippen LogP contribution in [0.4, 0.5) is 4.79 Å². The Morgan fingerprint density at radius 1 is 1.18 bits per heavy atom. The largest absolute Gasteiger partial charge is 0.352 e. The molecule has 1 fully saturated rings. The van der Waals surface area contributed by atoms with Crippen LogP contribution in [0.1, 0.15) is 44.2 Å². The molecule has 4 N–H and O–H groups in total. The van der Waals surface area contributed by atoms with E-state index >= 15 is 0 Å². The lowest BCUT2D eigenvalue weighted by Crippen LogP contribution is -2.48. The molecule has 1 aliphatic rings. The summed E-state index contributed by atoms with van der Waals surface area (Å²) in [6.45, 7) is 1.62. The lowest BCUT2D eigenvalue weighted by molar-refractivity contribution is -0.123. The summed E-state index contributed by atoms with van der Waals surface area (Å²) in [4.78, 5) is 23.2. The van der Waals surface area contributed by atoms with Gasteiger partial charge in [-0.3, -0.25) is 4.79 Å². The summed E-state index contributed by atoms with van der Waals surface area (Å²) in [6, 6.07) is 6.12. The molecule has 0 spiro atoms. The van der Waals surface area contributed by atoms with E-state index in [0.717, 1.165) is 18.4 Å². The van der Waals surface area contributed by atoms with Crippen molar-refractivity contribution in [3.05, 3.63) is 34.9 Å². The number of benzene rings is 1. The van der Waals surface area contributed by atoms with Crippen molar-refractivity contribution in [2.24, 2.45) is 11.7 Å². The van der Waals surface area contributed by atoms with Gasteiger partial charge in [-0.25, -0.2) is 4.79 Å². The summed E-state index contributed by atoms with van der Waals surface area (Å²) in [5, 5.41) is 6.12. The number of nitrogens with one attached hydrogen (secondary N) is 2. The van der Waals surface area contributed by atoms with Crippen LogP contribution in [0.25, 0.3) is 0 Å². The van der Waals surface area contributed by atoms with E-state index in [-0.39, 0.29) is 11.9 Å². The number of primary amides is 1. The van der Waals surface area contributed by atoms with Gasteiger partial charge in [0.1, 0.15) is 6.04 Å². The van der Waals surface area contributed by atoms with E-state index in [1.54, 1.807) is 6.92 Å². The molecule has 0 aromatic heterocycles. The third-order valence-electron chi connectivity index (χ3n) is 4.15. The van der Waals surface area contributed by atoms with Crippen molar-refractivity contribution in [3.8, 4) is 0 Å². The van der Waals surface area contributed by atoms with Crippen molar-refractivity contribution in [3.63, 3.8) is 0 Å². The van der Waals surface area contributed by atoms with Crippen LogP contribution in [0.2, 0.25) is 5.02 Å². The van der Waals surface area contributed by atoms with Crippen LogP contribution in [0.15, 0.2) is 24.3 Å². The number of amides is 3. The number of hydrogen-bond acceptors (Lipinski definition) is 2. The topological polar surface area (TPSA) is 84.2 Å². The average molecular weight is 324 g/mol. The van der Waals surface area contributed by atoms with Gasteiger partial charge in [0.05, 0.1) is 6.04 Å². The fourth-order valence-electron chi connectivity index (χ4n) is 2.99. The molecule has 6 heteroatoms. The predicted molar refractivity (Wildman–Crippen MR) is 86.5 cm³/mol. The van der Waals surface area contributed by atoms with Crippen molar-refractivity contribution >= 4 is 23.5 Å². The number of hydrogen-bond donors (Lipinski definition) is 3. The van der Waals surface area contributed by atoms with Crippen molar-refractivity contribution in [2.75, 3.05) is 0 Å². The third-order valence-corrected chi connectivity index (χ3v) is 4.40. The molecular weight excluding hydrogens is 302 g/mol. The van der Waals surface area contributed by atoms with E-state index in [0.29, 0.717) is 10.9 Å². The zero-order valence-corrected chi connectivity index (χ0v) is 13.4. The minimum Gasteiger partial charge on any atom is -0.352 e. The summed E-state index contributed by atoms with van der Waals surface area (Å²) in [6.07, 6.45) is 4.54. The van der Waals surface area contributed by atoms with Gasteiger partial charge in [0.2, 0.25) is 5.91 Å². The SMILES string of the molecule is CC(NC(N)=O)C(=O)NC(c1ccc(Cl)cc1)C1CCCC1. The molecule has 0 aliphatic heterocycles. The van der Waals surface area contributed by atoms with Crippen LogP contribution >= 0.6 is 11.6 Å². The summed E-state index contributed by atoms with van der Waals surface area (Å²) in [7, 11) is 0. The van der Waals surface area contributed by atoms with E-state index in [2.05, 4.69) is 10.6 Å². The van der Waals surface area contributed by atoms with Gasteiger partial charge in [0.25, 0.3) is 0 Å². The van der Waals surface area contributed by atoms with Crippen LogP contribution in [0.5, 0.6) is 0 Å². The first-order valence-electron chi connectivity index (χ1n) is 7.59. The standard InChI is InChI=1S/C16H22ClN3O2/c1-10(19-16(18)22)15(21)20-14(11-4-2-3-5-11)12-6-8-13(17)9-7-12/h6-11,14H,2-5H2,1H3,(H,20,21)(H3,18,19,22). The molecule has 120 valence electrons. The van der Waals surface area contributed by atoms with Crippen LogP contribution in [0.3, 0.4) is 0 Å². The molecule has 2 atom stereocenters. The zero-order valence-electron chi connectivity index (χ0n) is 12.6. The third kappa shape index (κ3) is 4.37. The molecule has 0 saturated heterocycles. The van der Waals surface area contributed by atoms with Gasteiger partial charge in [0, 0.05) is 5.02 Å². The molecule has 0 heterocycles. The Morgan fingerprint density at radius 3 is 2.32 bits per heavy atom. The molecule has 1 aromatic rings. The van der Waals surface area contributed by atoms with Crippen LogP contribution in [-0.4, -0.2) is 18.0 Å². The monoisotopic (exact) mass is 323 g/mol. The first-order chi connectivity index (χ1) is 10.5. The van der Waals surface area contributed by atoms with Gasteiger partial charge >= 0.3 is 6.03 Å². The quantitative estimate of drug-likeness (QED) is 0.778. The second-order valence-corrected chi connectivity index (χ2v) is 6.25. The first-order valence-corrected chi connectivity index (χ1v) is 7.97. The maximum absolute atomic E-state index is 12.3. The Labute approximate surface area is 135 Å². The smallest absolute Gasteiger partial charge is 0.312 e. The van der Waals surface area contributed by atoms with Crippen LogP contribution in [-0.2, 0) is 4.79 Å². The Kier molecular flexibility index (Phi) is 5.66. The zero-order chi connectivity index (χ0) is 16.1. The highest BCUT2D eigenvalue weighted by atomic mass is 35.5. The minimum atomic E-state index is -0.702. The number of nitrogens with two attached hydrogens (primary N) is 1. The fourth-order valence-corrected chi connectivity index (χ4v) is 3.12. The average Bonchev–Trinajstić information content (AvgIpc) is 2.98. The lowest BCUT2D eigenvalue weighted by Gasteiger charge is -2.27. The van der Waals surface area contributed by atoms with Crippen LogP contribution in [0, 0.1) is 5.92 Å². The summed E-state index contributed by atoms with van der Waals surface area (Å²) >= 11 is 5.94. The Hall–Kier alpha value is -1.75. The number of halogens is 1. The molecule has 5 nitrogen and oxygen atoms in total. The second kappa shape index (κ2) is 7.49. The Morgan fingerprint density at radius 2 is 1.77 bits per heavy atom. The van der Waals surface area contributed by atoms with E-state index < -0.39 is 12.1 Å². The normalized spacial score (nSPS) is 17.7. The van der Waals surface area contributed by atoms with Gasteiger partial charge in [-0.05, 0) is 43.4 Å². The first kappa shape index (κ1) is 16.6. The summed E-state index contributed by atoms with van der Waals surface area (Å²) in [5.41, 5.74) is 6.11. The molecule has 2 unspecified atom stereocenters. The number of carbonyl (C=O) groups excluding carboxylic acids is 2. The minimum absolute atomic E-state index is 0.0654. The second-order valence-electron chi connectivity index (χ2n) is 5.81. The van der Waals surface area contributed by atoms with Gasteiger partial charge < -0.3 is 16.4 Å². The van der Waals surface area contributed by atoms with Gasteiger partial charge in [0.15, 0.2) is 0 Å². The predicted octanol–water partition coefficient (Wildman–Crippen LogP) is 2.74. The van der Waals surface area contributed by atoms with E-state index in [9.17, 15) is 9.59 Å². The molecule has 22 heavy (non-hydrogen) atoms. The maximum Gasteiger partial charge on any atom is 0.312 e. The maximum atomic E-state index is 12.3. The Bertz CT molecular complexity index is 527. The van der Waals surface area contributed by atoms with Crippen LogP contribution < -0.4 is 16.4 Å². The van der Waals surface area contributed by atoms with E-state index in [1.807, 2.05) is 24.3 Å². The van der Waals surface area contributed by atoms with E-state index in [4.69, 9.17) is 17.3 Å². The molecular formula is C16H22ClN3O2. The highest BCUT2D eigenvalue weighted by Gasteiger charge is 2.29. The highest BCUT2D eigenvalue weighted by molar-refractivity contribution is 6.30. The van der Waals surface area contributed by atoms with Gasteiger partial charge in [-0.1, -0.05) is 36.6 Å². The van der Waals surface area contributed by atoms with Crippen molar-refractivity contribution in [1.29, 1.82) is 0 Å². The number of rotatable bonds is 5. The van der Waals surface area contributed by atoms with Crippen molar-refractivity contribution < 1.29 is 9.59 Å². The van der Waals surface area contributed by atoms with Crippen molar-refractivity contribution in [1.82, 2.24) is 10.6 Å². The molecule has 2 rings (SSSR count). The molecule has 1 aromatic carbocycles. The summed E-state index contributed by atoms with van der Waals surface area (Å²) in [5.74, 6) is 0.177. The van der Waals surface area contributed by atoms with Gasteiger partial charge in [-0.2, -0.15) is 0 Å². The molecule has 1 aliphatic carbocycles. The lowest BCUT2D eigenvalue weighted by atomic mass is 9.91. The molecule has 1 saturated carbocycles. The van der Waals surface area contributed by atoms with Gasteiger partial charge in [-0.15, -0.1) is 0 Å². The molecule has 0 radical (unpaired) electrons. The van der Waals surface area contributed by atoms with E-state index in [1.165, 1.54) is 12.8 Å².